The van der Waals surface area contributed by atoms with Crippen LogP contribution in [0.2, 0.25) is 0 Å². The third-order valence-corrected chi connectivity index (χ3v) is 4.99. The first-order chi connectivity index (χ1) is 10.2. The van der Waals surface area contributed by atoms with Crippen molar-refractivity contribution >= 4 is 5.97 Å². The topological polar surface area (TPSA) is 49.8 Å². The molecule has 0 aromatic heterocycles. The Morgan fingerprint density at radius 3 is 2.71 bits per heavy atom. The van der Waals surface area contributed by atoms with Gasteiger partial charge in [0.2, 0.25) is 0 Å². The quantitative estimate of drug-likeness (QED) is 0.905. The van der Waals surface area contributed by atoms with Crippen molar-refractivity contribution in [2.45, 2.75) is 25.2 Å². The molecule has 114 valence electrons. The van der Waals surface area contributed by atoms with E-state index in [0.717, 1.165) is 30.3 Å². The lowest BCUT2D eigenvalue weighted by Gasteiger charge is -2.30. The largest absolute Gasteiger partial charge is 0.496 e. The van der Waals surface area contributed by atoms with Crippen LogP contribution in [0, 0.1) is 11.8 Å². The van der Waals surface area contributed by atoms with E-state index in [1.54, 1.807) is 7.11 Å². The lowest BCUT2D eigenvalue weighted by molar-refractivity contribution is -0.141. The van der Waals surface area contributed by atoms with E-state index >= 15 is 0 Å². The molecule has 1 aliphatic carbocycles. The third kappa shape index (κ3) is 2.91. The fourth-order valence-electron chi connectivity index (χ4n) is 3.61. The van der Waals surface area contributed by atoms with Crippen molar-refractivity contribution in [1.82, 2.24) is 4.90 Å². The van der Waals surface area contributed by atoms with E-state index in [1.165, 1.54) is 19.3 Å². The van der Waals surface area contributed by atoms with E-state index < -0.39 is 5.97 Å². The Hall–Kier alpha value is -1.55. The summed E-state index contributed by atoms with van der Waals surface area (Å²) in [7, 11) is 1.65. The fourth-order valence-corrected chi connectivity index (χ4v) is 3.61. The number of methoxy groups -OCH3 is 1. The summed E-state index contributed by atoms with van der Waals surface area (Å²) in [6, 6.07) is 7.82. The zero-order valence-corrected chi connectivity index (χ0v) is 12.5. The van der Waals surface area contributed by atoms with Gasteiger partial charge in [0.05, 0.1) is 13.0 Å². The maximum Gasteiger partial charge on any atom is 0.308 e. The molecule has 1 aliphatic heterocycles. The summed E-state index contributed by atoms with van der Waals surface area (Å²) in [6.45, 7) is 2.54. The highest BCUT2D eigenvalue weighted by Crippen LogP contribution is 2.39. The zero-order valence-electron chi connectivity index (χ0n) is 12.5. The first-order valence-corrected chi connectivity index (χ1v) is 7.77. The molecule has 0 bridgehead atoms. The Balaban J connectivity index is 1.79. The molecule has 2 atom stereocenters. The standard InChI is InChI=1S/C17H23NO3/c1-21-16-8-3-2-7-13(16)14-10-18(9-12-5-4-6-12)11-15(14)17(19)20/h2-3,7-8,12,14-15H,4-6,9-11H2,1H3,(H,19,20)/t14-,15+/m0/s1. The summed E-state index contributed by atoms with van der Waals surface area (Å²) < 4.78 is 5.42. The van der Waals surface area contributed by atoms with E-state index in [9.17, 15) is 9.90 Å². The number of benzene rings is 1. The van der Waals surface area contributed by atoms with Crippen LogP contribution in [0.15, 0.2) is 24.3 Å². The van der Waals surface area contributed by atoms with Crippen molar-refractivity contribution in [2.75, 3.05) is 26.7 Å². The van der Waals surface area contributed by atoms with Gasteiger partial charge >= 0.3 is 5.97 Å². The van der Waals surface area contributed by atoms with E-state index in [2.05, 4.69) is 4.90 Å². The molecule has 0 unspecified atom stereocenters. The molecule has 1 N–H and O–H groups in total. The van der Waals surface area contributed by atoms with Crippen molar-refractivity contribution in [3.8, 4) is 5.75 Å². The number of para-hydroxylation sites is 1. The van der Waals surface area contributed by atoms with Gasteiger partial charge in [0.15, 0.2) is 0 Å². The van der Waals surface area contributed by atoms with Gasteiger partial charge < -0.3 is 14.7 Å². The van der Waals surface area contributed by atoms with Crippen LogP contribution in [0.5, 0.6) is 5.75 Å². The van der Waals surface area contributed by atoms with Crippen molar-refractivity contribution in [2.24, 2.45) is 11.8 Å². The molecule has 0 radical (unpaired) electrons. The van der Waals surface area contributed by atoms with Crippen molar-refractivity contribution in [3.63, 3.8) is 0 Å². The lowest BCUT2D eigenvalue weighted by Crippen LogP contribution is -2.31. The van der Waals surface area contributed by atoms with Gasteiger partial charge in [0.1, 0.15) is 5.75 Å². The van der Waals surface area contributed by atoms with Crippen LogP contribution in [-0.4, -0.2) is 42.7 Å². The van der Waals surface area contributed by atoms with Crippen LogP contribution in [-0.2, 0) is 4.79 Å². The van der Waals surface area contributed by atoms with E-state index in [4.69, 9.17) is 4.74 Å². The molecule has 1 heterocycles. The molecular formula is C17H23NO3. The second kappa shape index (κ2) is 6.06. The minimum absolute atomic E-state index is 0.0266. The minimum atomic E-state index is -0.693. The molecular weight excluding hydrogens is 266 g/mol. The van der Waals surface area contributed by atoms with Crippen LogP contribution in [0.4, 0.5) is 0 Å². The Labute approximate surface area is 125 Å². The maximum absolute atomic E-state index is 11.6. The van der Waals surface area contributed by atoms with Crippen molar-refractivity contribution < 1.29 is 14.6 Å². The summed E-state index contributed by atoms with van der Waals surface area (Å²) in [5.41, 5.74) is 1.03. The third-order valence-electron chi connectivity index (χ3n) is 4.99. The molecule has 21 heavy (non-hydrogen) atoms. The number of rotatable bonds is 5. The summed E-state index contributed by atoms with van der Waals surface area (Å²) in [4.78, 5) is 14.0. The second-order valence-electron chi connectivity index (χ2n) is 6.31. The minimum Gasteiger partial charge on any atom is -0.496 e. The predicted octanol–water partition coefficient (Wildman–Crippen LogP) is 2.60. The Kier molecular flexibility index (Phi) is 4.15. The molecule has 1 aromatic carbocycles. The Morgan fingerprint density at radius 1 is 1.33 bits per heavy atom. The first kappa shape index (κ1) is 14.4. The van der Waals surface area contributed by atoms with E-state index in [1.807, 2.05) is 24.3 Å². The molecule has 3 rings (SSSR count). The van der Waals surface area contributed by atoms with E-state index in [-0.39, 0.29) is 11.8 Å². The maximum atomic E-state index is 11.6. The average molecular weight is 289 g/mol. The van der Waals surface area contributed by atoms with Gasteiger partial charge in [-0.05, 0) is 30.4 Å². The normalized spacial score (nSPS) is 26.5. The monoisotopic (exact) mass is 289 g/mol. The number of ether oxygens (including phenoxy) is 1. The summed E-state index contributed by atoms with van der Waals surface area (Å²) in [5, 5.41) is 9.56. The number of carbonyl (C=O) groups is 1. The van der Waals surface area contributed by atoms with Crippen LogP contribution in [0.3, 0.4) is 0 Å². The van der Waals surface area contributed by atoms with Gasteiger partial charge in [0.25, 0.3) is 0 Å². The van der Waals surface area contributed by atoms with Crippen LogP contribution >= 0.6 is 0 Å². The highest BCUT2D eigenvalue weighted by atomic mass is 16.5. The first-order valence-electron chi connectivity index (χ1n) is 7.77. The molecule has 1 aromatic rings. The molecule has 4 heteroatoms. The SMILES string of the molecule is COc1ccccc1[C@@H]1CN(CC2CCC2)C[C@H]1C(=O)O. The fraction of sp³-hybridized carbons (Fsp3) is 0.588. The van der Waals surface area contributed by atoms with Gasteiger partial charge in [-0.1, -0.05) is 24.6 Å². The molecule has 1 saturated carbocycles. The number of aliphatic carboxylic acids is 1. The van der Waals surface area contributed by atoms with Gasteiger partial charge in [-0.15, -0.1) is 0 Å². The Bertz CT molecular complexity index is 513. The van der Waals surface area contributed by atoms with Gasteiger partial charge in [-0.2, -0.15) is 0 Å². The molecule has 0 spiro atoms. The van der Waals surface area contributed by atoms with Gasteiger partial charge in [-0.3, -0.25) is 4.79 Å². The number of carboxylic acid groups (broad SMARTS) is 1. The van der Waals surface area contributed by atoms with Crippen LogP contribution < -0.4 is 4.74 Å². The van der Waals surface area contributed by atoms with Crippen molar-refractivity contribution in [1.29, 1.82) is 0 Å². The molecule has 2 aliphatic rings. The predicted molar refractivity (Wildman–Crippen MR) is 80.6 cm³/mol. The molecule has 4 nitrogen and oxygen atoms in total. The summed E-state index contributed by atoms with van der Waals surface area (Å²) >= 11 is 0. The van der Waals surface area contributed by atoms with Gasteiger partial charge in [-0.25, -0.2) is 0 Å². The van der Waals surface area contributed by atoms with Crippen LogP contribution in [0.25, 0.3) is 0 Å². The summed E-state index contributed by atoms with van der Waals surface area (Å²) in [5.74, 6) is 0.581. The Morgan fingerprint density at radius 2 is 2.10 bits per heavy atom. The van der Waals surface area contributed by atoms with Crippen LogP contribution in [0.1, 0.15) is 30.7 Å². The second-order valence-corrected chi connectivity index (χ2v) is 6.31. The number of likely N-dealkylation sites (tertiary alicyclic amines) is 1. The van der Waals surface area contributed by atoms with Crippen molar-refractivity contribution in [3.05, 3.63) is 29.8 Å². The molecule has 1 saturated heterocycles. The number of nitrogens with zero attached hydrogens (tertiary/aromatic N) is 1. The lowest BCUT2D eigenvalue weighted by atomic mass is 9.85. The number of hydrogen-bond acceptors (Lipinski definition) is 3. The highest BCUT2D eigenvalue weighted by molar-refractivity contribution is 5.72. The molecule has 0 amide bonds. The average Bonchev–Trinajstić information content (AvgIpc) is 2.87. The smallest absolute Gasteiger partial charge is 0.308 e. The van der Waals surface area contributed by atoms with Gasteiger partial charge in [0, 0.05) is 25.6 Å². The highest BCUT2D eigenvalue weighted by Gasteiger charge is 2.40. The number of carboxylic acids is 1. The van der Waals surface area contributed by atoms with E-state index in [0.29, 0.717) is 6.54 Å². The summed E-state index contributed by atoms with van der Waals surface area (Å²) in [6.07, 6.45) is 3.93. The number of hydrogen-bond donors (Lipinski definition) is 1. The molecule has 2 fully saturated rings. The zero-order chi connectivity index (χ0) is 14.8.